The standard InChI is InChI=1S/C12H19NS/c1-3-11(13)9-10-7-5-6-8-12(10)14-4-2/h5-8,11H,3-4,9,13H2,1-2H3. The molecule has 0 saturated carbocycles. The molecular weight excluding hydrogens is 190 g/mol. The summed E-state index contributed by atoms with van der Waals surface area (Å²) in [5, 5.41) is 0. The van der Waals surface area contributed by atoms with E-state index in [4.69, 9.17) is 5.73 Å². The molecule has 0 amide bonds. The summed E-state index contributed by atoms with van der Waals surface area (Å²) in [7, 11) is 0. The molecule has 0 fully saturated rings. The van der Waals surface area contributed by atoms with Crippen LogP contribution < -0.4 is 5.73 Å². The lowest BCUT2D eigenvalue weighted by molar-refractivity contribution is 0.641. The Morgan fingerprint density at radius 1 is 1.29 bits per heavy atom. The molecule has 2 heteroatoms. The minimum absolute atomic E-state index is 0.300. The van der Waals surface area contributed by atoms with E-state index in [1.165, 1.54) is 10.5 Å². The maximum atomic E-state index is 5.96. The van der Waals surface area contributed by atoms with E-state index in [0.29, 0.717) is 6.04 Å². The predicted molar refractivity (Wildman–Crippen MR) is 64.8 cm³/mol. The average Bonchev–Trinajstić information content (AvgIpc) is 2.21. The summed E-state index contributed by atoms with van der Waals surface area (Å²) in [4.78, 5) is 1.39. The van der Waals surface area contributed by atoms with Gasteiger partial charge in [0.15, 0.2) is 0 Å². The van der Waals surface area contributed by atoms with Gasteiger partial charge >= 0.3 is 0 Å². The van der Waals surface area contributed by atoms with E-state index in [2.05, 4.69) is 38.1 Å². The zero-order valence-electron chi connectivity index (χ0n) is 8.99. The first kappa shape index (κ1) is 11.6. The van der Waals surface area contributed by atoms with E-state index in [9.17, 15) is 0 Å². The molecule has 78 valence electrons. The molecule has 0 aliphatic rings. The van der Waals surface area contributed by atoms with Crippen LogP contribution in [0.15, 0.2) is 29.2 Å². The van der Waals surface area contributed by atoms with Crippen molar-refractivity contribution in [1.29, 1.82) is 0 Å². The minimum atomic E-state index is 0.300. The van der Waals surface area contributed by atoms with E-state index >= 15 is 0 Å². The van der Waals surface area contributed by atoms with Crippen molar-refractivity contribution in [2.45, 2.75) is 37.6 Å². The fourth-order valence-electron chi connectivity index (χ4n) is 1.40. The van der Waals surface area contributed by atoms with Crippen LogP contribution in [-0.2, 0) is 6.42 Å². The van der Waals surface area contributed by atoms with Crippen LogP contribution in [0.25, 0.3) is 0 Å². The van der Waals surface area contributed by atoms with E-state index in [-0.39, 0.29) is 0 Å². The fourth-order valence-corrected chi connectivity index (χ4v) is 2.22. The molecule has 0 aliphatic heterocycles. The number of thioether (sulfide) groups is 1. The third-order valence-electron chi connectivity index (χ3n) is 2.28. The van der Waals surface area contributed by atoms with E-state index in [1.54, 1.807) is 0 Å². The number of rotatable bonds is 5. The van der Waals surface area contributed by atoms with Gasteiger partial charge in [0.25, 0.3) is 0 Å². The number of benzene rings is 1. The maximum absolute atomic E-state index is 5.96. The van der Waals surface area contributed by atoms with Crippen molar-refractivity contribution < 1.29 is 0 Å². The second kappa shape index (κ2) is 6.10. The lowest BCUT2D eigenvalue weighted by Gasteiger charge is -2.12. The van der Waals surface area contributed by atoms with Gasteiger partial charge in [-0.25, -0.2) is 0 Å². The summed E-state index contributed by atoms with van der Waals surface area (Å²) in [6.07, 6.45) is 2.05. The van der Waals surface area contributed by atoms with Crippen molar-refractivity contribution in [2.75, 3.05) is 5.75 Å². The highest BCUT2D eigenvalue weighted by Gasteiger charge is 2.05. The first-order valence-electron chi connectivity index (χ1n) is 5.24. The van der Waals surface area contributed by atoms with Crippen molar-refractivity contribution in [3.05, 3.63) is 29.8 Å². The van der Waals surface area contributed by atoms with Crippen LogP contribution in [0.5, 0.6) is 0 Å². The monoisotopic (exact) mass is 209 g/mol. The van der Waals surface area contributed by atoms with Crippen LogP contribution >= 0.6 is 11.8 Å². The second-order valence-electron chi connectivity index (χ2n) is 3.41. The Balaban J connectivity index is 2.73. The van der Waals surface area contributed by atoms with E-state index < -0.39 is 0 Å². The molecule has 1 unspecified atom stereocenters. The lowest BCUT2D eigenvalue weighted by atomic mass is 10.1. The summed E-state index contributed by atoms with van der Waals surface area (Å²) in [5.41, 5.74) is 7.36. The van der Waals surface area contributed by atoms with Crippen molar-refractivity contribution in [2.24, 2.45) is 5.73 Å². The molecule has 0 aliphatic carbocycles. The Kier molecular flexibility index (Phi) is 5.05. The summed E-state index contributed by atoms with van der Waals surface area (Å²) >= 11 is 1.90. The van der Waals surface area contributed by atoms with Crippen LogP contribution in [-0.4, -0.2) is 11.8 Å². The van der Waals surface area contributed by atoms with Gasteiger partial charge in [0.2, 0.25) is 0 Å². The van der Waals surface area contributed by atoms with Gasteiger partial charge in [-0.1, -0.05) is 32.0 Å². The predicted octanol–water partition coefficient (Wildman–Crippen LogP) is 3.08. The van der Waals surface area contributed by atoms with Gasteiger partial charge in [-0.15, -0.1) is 11.8 Å². The number of nitrogens with two attached hydrogens (primary N) is 1. The highest BCUT2D eigenvalue weighted by Crippen LogP contribution is 2.23. The average molecular weight is 209 g/mol. The van der Waals surface area contributed by atoms with Gasteiger partial charge in [-0.3, -0.25) is 0 Å². The highest BCUT2D eigenvalue weighted by atomic mass is 32.2. The molecule has 14 heavy (non-hydrogen) atoms. The molecule has 1 atom stereocenters. The summed E-state index contributed by atoms with van der Waals surface area (Å²) in [6.45, 7) is 4.32. The Morgan fingerprint density at radius 2 is 2.00 bits per heavy atom. The van der Waals surface area contributed by atoms with Gasteiger partial charge in [-0.05, 0) is 30.2 Å². The van der Waals surface area contributed by atoms with Gasteiger partial charge in [0.1, 0.15) is 0 Å². The third kappa shape index (κ3) is 3.35. The zero-order valence-corrected chi connectivity index (χ0v) is 9.81. The molecular formula is C12H19NS. The molecule has 0 bridgehead atoms. The first-order valence-corrected chi connectivity index (χ1v) is 6.22. The molecule has 1 nitrogen and oxygen atoms in total. The highest BCUT2D eigenvalue weighted by molar-refractivity contribution is 7.99. The molecule has 0 heterocycles. The molecule has 1 aromatic rings. The van der Waals surface area contributed by atoms with Crippen molar-refractivity contribution in [3.8, 4) is 0 Å². The van der Waals surface area contributed by atoms with Crippen molar-refractivity contribution in [1.82, 2.24) is 0 Å². The number of hydrogen-bond donors (Lipinski definition) is 1. The Hall–Kier alpha value is -0.470. The van der Waals surface area contributed by atoms with Crippen molar-refractivity contribution >= 4 is 11.8 Å². The molecule has 1 aromatic carbocycles. The fraction of sp³-hybridized carbons (Fsp3) is 0.500. The van der Waals surface area contributed by atoms with Crippen LogP contribution in [0, 0.1) is 0 Å². The quantitative estimate of drug-likeness (QED) is 0.754. The minimum Gasteiger partial charge on any atom is -0.327 e. The van der Waals surface area contributed by atoms with Crippen LogP contribution in [0.4, 0.5) is 0 Å². The van der Waals surface area contributed by atoms with Gasteiger partial charge in [-0.2, -0.15) is 0 Å². The summed E-state index contributed by atoms with van der Waals surface area (Å²) in [5.74, 6) is 1.12. The second-order valence-corrected chi connectivity index (χ2v) is 4.72. The SMILES string of the molecule is CCSc1ccccc1CC(N)CC. The third-order valence-corrected chi connectivity index (χ3v) is 3.28. The zero-order chi connectivity index (χ0) is 10.4. The number of hydrogen-bond acceptors (Lipinski definition) is 2. The molecule has 0 saturated heterocycles. The smallest absolute Gasteiger partial charge is 0.0104 e. The largest absolute Gasteiger partial charge is 0.327 e. The molecule has 0 radical (unpaired) electrons. The van der Waals surface area contributed by atoms with E-state index in [0.717, 1.165) is 18.6 Å². The van der Waals surface area contributed by atoms with Crippen LogP contribution in [0.1, 0.15) is 25.8 Å². The normalized spacial score (nSPS) is 12.8. The van der Waals surface area contributed by atoms with Crippen LogP contribution in [0.2, 0.25) is 0 Å². The summed E-state index contributed by atoms with van der Waals surface area (Å²) in [6, 6.07) is 8.86. The lowest BCUT2D eigenvalue weighted by Crippen LogP contribution is -2.21. The summed E-state index contributed by atoms with van der Waals surface area (Å²) < 4.78 is 0. The maximum Gasteiger partial charge on any atom is 0.0104 e. The van der Waals surface area contributed by atoms with Crippen molar-refractivity contribution in [3.63, 3.8) is 0 Å². The molecule has 2 N–H and O–H groups in total. The first-order chi connectivity index (χ1) is 6.77. The van der Waals surface area contributed by atoms with Gasteiger partial charge in [0, 0.05) is 10.9 Å². The van der Waals surface area contributed by atoms with E-state index in [1.807, 2.05) is 11.8 Å². The van der Waals surface area contributed by atoms with Gasteiger partial charge in [0.05, 0.1) is 0 Å². The Bertz CT molecular complexity index is 273. The Labute approximate surface area is 91.1 Å². The topological polar surface area (TPSA) is 26.0 Å². The molecule has 0 aromatic heterocycles. The van der Waals surface area contributed by atoms with Crippen LogP contribution in [0.3, 0.4) is 0 Å². The molecule has 1 rings (SSSR count). The molecule has 0 spiro atoms. The van der Waals surface area contributed by atoms with Gasteiger partial charge < -0.3 is 5.73 Å². The Morgan fingerprint density at radius 3 is 2.64 bits per heavy atom.